The highest BCUT2D eigenvalue weighted by Crippen LogP contribution is 2.12. The Morgan fingerprint density at radius 2 is 2.60 bits per heavy atom. The molecule has 1 aromatic heterocycles. The van der Waals surface area contributed by atoms with E-state index in [9.17, 15) is 0 Å². The molecule has 0 spiro atoms. The van der Waals surface area contributed by atoms with Crippen molar-refractivity contribution in [2.45, 2.75) is 32.4 Å². The van der Waals surface area contributed by atoms with Crippen molar-refractivity contribution < 1.29 is 4.52 Å². The molecule has 1 fully saturated rings. The third-order valence-electron chi connectivity index (χ3n) is 2.81. The Hall–Kier alpha value is -0.940. The monoisotopic (exact) mass is 210 g/mol. The zero-order valence-electron chi connectivity index (χ0n) is 9.15. The van der Waals surface area contributed by atoms with Crippen LogP contribution < -0.4 is 5.32 Å². The number of aromatic nitrogens is 2. The SMILES string of the molecule is CCCN(Cc1ncno1)C1CCNC1. The summed E-state index contributed by atoms with van der Waals surface area (Å²) in [5.74, 6) is 0.718. The topological polar surface area (TPSA) is 54.2 Å². The second-order valence-corrected chi connectivity index (χ2v) is 3.95. The lowest BCUT2D eigenvalue weighted by Gasteiger charge is -2.26. The van der Waals surface area contributed by atoms with Crippen LogP contribution in [0.25, 0.3) is 0 Å². The van der Waals surface area contributed by atoms with Crippen molar-refractivity contribution in [2.24, 2.45) is 0 Å². The number of rotatable bonds is 5. The van der Waals surface area contributed by atoms with Gasteiger partial charge in [0, 0.05) is 12.6 Å². The van der Waals surface area contributed by atoms with Gasteiger partial charge in [-0.05, 0) is 25.9 Å². The van der Waals surface area contributed by atoms with Gasteiger partial charge in [-0.25, -0.2) is 0 Å². The summed E-state index contributed by atoms with van der Waals surface area (Å²) in [7, 11) is 0. The van der Waals surface area contributed by atoms with Crippen LogP contribution in [0.2, 0.25) is 0 Å². The lowest BCUT2D eigenvalue weighted by Crippen LogP contribution is -2.37. The molecule has 15 heavy (non-hydrogen) atoms. The number of hydrogen-bond donors (Lipinski definition) is 1. The number of nitrogens with one attached hydrogen (secondary N) is 1. The van der Waals surface area contributed by atoms with Gasteiger partial charge in [0.2, 0.25) is 5.89 Å². The fraction of sp³-hybridized carbons (Fsp3) is 0.800. The summed E-state index contributed by atoms with van der Waals surface area (Å²) >= 11 is 0. The highest BCUT2D eigenvalue weighted by atomic mass is 16.5. The van der Waals surface area contributed by atoms with Crippen molar-refractivity contribution in [2.75, 3.05) is 19.6 Å². The van der Waals surface area contributed by atoms with Crippen LogP contribution in [-0.2, 0) is 6.54 Å². The normalized spacial score (nSPS) is 21.3. The maximum absolute atomic E-state index is 5.05. The Morgan fingerprint density at radius 3 is 3.20 bits per heavy atom. The van der Waals surface area contributed by atoms with Gasteiger partial charge >= 0.3 is 0 Å². The Labute approximate surface area is 89.8 Å². The van der Waals surface area contributed by atoms with Crippen molar-refractivity contribution in [3.63, 3.8) is 0 Å². The molecule has 5 heteroatoms. The zero-order chi connectivity index (χ0) is 10.5. The quantitative estimate of drug-likeness (QED) is 0.773. The van der Waals surface area contributed by atoms with E-state index in [1.165, 1.54) is 12.7 Å². The summed E-state index contributed by atoms with van der Waals surface area (Å²) in [4.78, 5) is 6.49. The molecule has 0 radical (unpaired) electrons. The van der Waals surface area contributed by atoms with Crippen LogP contribution in [0.1, 0.15) is 25.7 Å². The van der Waals surface area contributed by atoms with E-state index in [4.69, 9.17) is 4.52 Å². The summed E-state index contributed by atoms with van der Waals surface area (Å²) in [6, 6.07) is 0.622. The Balaban J connectivity index is 1.93. The average Bonchev–Trinajstić information content (AvgIpc) is 2.89. The molecular weight excluding hydrogens is 192 g/mol. The average molecular weight is 210 g/mol. The molecule has 1 aliphatic rings. The predicted octanol–water partition coefficient (Wildman–Crippen LogP) is 0.643. The molecule has 0 bridgehead atoms. The molecule has 1 unspecified atom stereocenters. The minimum Gasteiger partial charge on any atom is -0.338 e. The van der Waals surface area contributed by atoms with Gasteiger partial charge in [0.25, 0.3) is 0 Å². The van der Waals surface area contributed by atoms with Crippen LogP contribution in [0.3, 0.4) is 0 Å². The first-order valence-electron chi connectivity index (χ1n) is 5.60. The molecule has 1 aliphatic heterocycles. The molecule has 1 atom stereocenters. The molecule has 84 valence electrons. The smallest absolute Gasteiger partial charge is 0.240 e. The van der Waals surface area contributed by atoms with Crippen LogP contribution in [0.15, 0.2) is 10.9 Å². The van der Waals surface area contributed by atoms with Crippen LogP contribution in [0.4, 0.5) is 0 Å². The molecule has 2 rings (SSSR count). The van der Waals surface area contributed by atoms with E-state index < -0.39 is 0 Å². The molecule has 1 N–H and O–H groups in total. The largest absolute Gasteiger partial charge is 0.338 e. The zero-order valence-corrected chi connectivity index (χ0v) is 9.15. The van der Waals surface area contributed by atoms with Gasteiger partial charge in [-0.1, -0.05) is 12.1 Å². The lowest BCUT2D eigenvalue weighted by atomic mass is 10.2. The molecule has 1 saturated heterocycles. The molecular formula is C10H18N4O. The third kappa shape index (κ3) is 2.76. The van der Waals surface area contributed by atoms with E-state index in [0.29, 0.717) is 6.04 Å². The van der Waals surface area contributed by atoms with Crippen molar-refractivity contribution >= 4 is 0 Å². The van der Waals surface area contributed by atoms with E-state index in [2.05, 4.69) is 27.3 Å². The highest BCUT2D eigenvalue weighted by Gasteiger charge is 2.22. The van der Waals surface area contributed by atoms with Gasteiger partial charge in [-0.2, -0.15) is 4.98 Å². The van der Waals surface area contributed by atoms with Crippen LogP contribution >= 0.6 is 0 Å². The lowest BCUT2D eigenvalue weighted by molar-refractivity contribution is 0.174. The fourth-order valence-electron chi connectivity index (χ4n) is 2.07. The Bertz CT molecular complexity index is 269. The van der Waals surface area contributed by atoms with Gasteiger partial charge in [0.05, 0.1) is 6.54 Å². The van der Waals surface area contributed by atoms with Crippen LogP contribution in [-0.4, -0.2) is 40.7 Å². The summed E-state index contributed by atoms with van der Waals surface area (Å²) < 4.78 is 5.05. The molecule has 0 saturated carbocycles. The van der Waals surface area contributed by atoms with Gasteiger partial charge < -0.3 is 9.84 Å². The minimum absolute atomic E-state index is 0.622. The minimum atomic E-state index is 0.622. The van der Waals surface area contributed by atoms with Gasteiger partial charge in [-0.15, -0.1) is 0 Å². The van der Waals surface area contributed by atoms with E-state index in [1.807, 2.05) is 0 Å². The van der Waals surface area contributed by atoms with Gasteiger partial charge in [-0.3, -0.25) is 4.90 Å². The highest BCUT2D eigenvalue weighted by molar-refractivity contribution is 4.84. The van der Waals surface area contributed by atoms with Crippen molar-refractivity contribution in [1.82, 2.24) is 20.4 Å². The first kappa shape index (κ1) is 10.6. The Kier molecular flexibility index (Phi) is 3.69. The number of hydrogen-bond acceptors (Lipinski definition) is 5. The van der Waals surface area contributed by atoms with E-state index in [-0.39, 0.29) is 0 Å². The second kappa shape index (κ2) is 5.23. The van der Waals surface area contributed by atoms with Gasteiger partial charge in [0.1, 0.15) is 0 Å². The van der Waals surface area contributed by atoms with E-state index in [0.717, 1.165) is 38.5 Å². The van der Waals surface area contributed by atoms with E-state index >= 15 is 0 Å². The molecule has 0 aliphatic carbocycles. The maximum Gasteiger partial charge on any atom is 0.240 e. The molecule has 1 aromatic rings. The summed E-state index contributed by atoms with van der Waals surface area (Å²) in [5.41, 5.74) is 0. The first-order valence-corrected chi connectivity index (χ1v) is 5.60. The Morgan fingerprint density at radius 1 is 1.67 bits per heavy atom. The van der Waals surface area contributed by atoms with Crippen molar-refractivity contribution in [3.8, 4) is 0 Å². The maximum atomic E-state index is 5.05. The molecule has 5 nitrogen and oxygen atoms in total. The fourth-order valence-corrected chi connectivity index (χ4v) is 2.07. The van der Waals surface area contributed by atoms with Crippen LogP contribution in [0.5, 0.6) is 0 Å². The number of nitrogens with zero attached hydrogens (tertiary/aromatic N) is 3. The molecule has 2 heterocycles. The summed E-state index contributed by atoms with van der Waals surface area (Å²) in [6.07, 6.45) is 3.84. The summed E-state index contributed by atoms with van der Waals surface area (Å²) in [5, 5.41) is 7.02. The molecule has 0 aromatic carbocycles. The van der Waals surface area contributed by atoms with Crippen molar-refractivity contribution in [3.05, 3.63) is 12.2 Å². The van der Waals surface area contributed by atoms with Crippen molar-refractivity contribution in [1.29, 1.82) is 0 Å². The van der Waals surface area contributed by atoms with Crippen LogP contribution in [0, 0.1) is 0 Å². The predicted molar refractivity (Wildman–Crippen MR) is 56.3 cm³/mol. The van der Waals surface area contributed by atoms with E-state index in [1.54, 1.807) is 0 Å². The second-order valence-electron chi connectivity index (χ2n) is 3.95. The summed E-state index contributed by atoms with van der Waals surface area (Å²) in [6.45, 7) is 6.26. The molecule has 0 amide bonds. The third-order valence-corrected chi connectivity index (χ3v) is 2.81. The first-order chi connectivity index (χ1) is 7.40. The standard InChI is InChI=1S/C10H18N4O/c1-2-5-14(9-3-4-11-6-9)7-10-12-8-13-15-10/h8-9,11H,2-7H2,1H3. The van der Waals surface area contributed by atoms with Gasteiger partial charge in [0.15, 0.2) is 6.33 Å².